The number of nitrogens with zero attached hydrogens (tertiary/aromatic N) is 2. The molecule has 1 aromatic heterocycles. The third-order valence-corrected chi connectivity index (χ3v) is 3.73. The van der Waals surface area contributed by atoms with Crippen molar-refractivity contribution in [3.8, 4) is 0 Å². The van der Waals surface area contributed by atoms with Gasteiger partial charge in [0, 0.05) is 6.54 Å². The molecule has 0 spiro atoms. The van der Waals surface area contributed by atoms with Crippen LogP contribution >= 0.6 is 0 Å². The fraction of sp³-hybridized carbons (Fsp3) is 0.643. The van der Waals surface area contributed by atoms with Crippen molar-refractivity contribution in [1.82, 2.24) is 9.55 Å². The highest BCUT2D eigenvalue weighted by Crippen LogP contribution is 2.30. The lowest BCUT2D eigenvalue weighted by Crippen LogP contribution is -2.12. The Kier molecular flexibility index (Phi) is 4.37. The highest BCUT2D eigenvalue weighted by atomic mass is 16.3. The van der Waals surface area contributed by atoms with E-state index in [2.05, 4.69) is 22.6 Å². The molecule has 1 saturated carbocycles. The van der Waals surface area contributed by atoms with Crippen molar-refractivity contribution in [1.29, 1.82) is 0 Å². The minimum absolute atomic E-state index is 0.180. The van der Waals surface area contributed by atoms with Crippen LogP contribution in [0.4, 0.5) is 0 Å². The molecule has 1 heterocycles. The Labute approximate surface area is 103 Å². The van der Waals surface area contributed by atoms with E-state index in [9.17, 15) is 5.11 Å². The van der Waals surface area contributed by atoms with E-state index in [0.717, 1.165) is 12.2 Å². The maximum absolute atomic E-state index is 9.54. The molecule has 17 heavy (non-hydrogen) atoms. The smallest absolute Gasteiger partial charge is 0.0950 e. The normalized spacial score (nSPS) is 18.6. The van der Waals surface area contributed by atoms with Crippen molar-refractivity contribution in [2.45, 2.75) is 45.6 Å². The fourth-order valence-corrected chi connectivity index (χ4v) is 2.67. The van der Waals surface area contributed by atoms with Crippen LogP contribution < -0.4 is 0 Å². The predicted molar refractivity (Wildman–Crippen MR) is 69.5 cm³/mol. The van der Waals surface area contributed by atoms with E-state index in [1.54, 1.807) is 0 Å². The van der Waals surface area contributed by atoms with E-state index < -0.39 is 0 Å². The van der Waals surface area contributed by atoms with Gasteiger partial charge in [-0.2, -0.15) is 0 Å². The number of aliphatic hydroxyl groups excluding tert-OH is 1. The first-order valence-corrected chi connectivity index (χ1v) is 6.66. The number of imidazole rings is 1. The number of aromatic nitrogens is 2. The van der Waals surface area contributed by atoms with Crippen LogP contribution in [0.2, 0.25) is 0 Å². The lowest BCUT2D eigenvalue weighted by atomic mass is 9.83. The molecule has 0 amide bonds. The Hall–Kier alpha value is -1.09. The first-order chi connectivity index (χ1) is 8.35. The Balaban J connectivity index is 2.16. The Bertz CT molecular complexity index is 375. The summed E-state index contributed by atoms with van der Waals surface area (Å²) in [5.74, 6) is 0.578. The van der Waals surface area contributed by atoms with Gasteiger partial charge in [-0.05, 0) is 37.3 Å². The molecular weight excluding hydrogens is 212 g/mol. The van der Waals surface area contributed by atoms with E-state index in [0.29, 0.717) is 5.92 Å². The number of hydrogen-bond acceptors (Lipinski definition) is 2. The third-order valence-electron chi connectivity index (χ3n) is 3.73. The molecule has 0 unspecified atom stereocenters. The summed E-state index contributed by atoms with van der Waals surface area (Å²) >= 11 is 0. The van der Waals surface area contributed by atoms with Gasteiger partial charge < -0.3 is 9.67 Å². The lowest BCUT2D eigenvalue weighted by molar-refractivity contribution is 0.295. The summed E-state index contributed by atoms with van der Waals surface area (Å²) in [5, 5.41) is 9.54. The molecule has 0 saturated heterocycles. The molecule has 2 rings (SSSR count). The summed E-state index contributed by atoms with van der Waals surface area (Å²) in [4.78, 5) is 4.16. The zero-order chi connectivity index (χ0) is 12.1. The highest BCUT2D eigenvalue weighted by molar-refractivity contribution is 5.49. The molecule has 1 aromatic rings. The van der Waals surface area contributed by atoms with Gasteiger partial charge in [-0.25, -0.2) is 4.98 Å². The molecule has 3 heteroatoms. The molecule has 0 radical (unpaired) electrons. The average molecular weight is 234 g/mol. The molecule has 0 aromatic carbocycles. The SMILES string of the molecule is CCn1cncc1C=C(CO)C1CCCCC1. The van der Waals surface area contributed by atoms with Crippen molar-refractivity contribution >= 4 is 6.08 Å². The lowest BCUT2D eigenvalue weighted by Gasteiger charge is -2.23. The molecule has 1 aliphatic carbocycles. The number of hydrogen-bond donors (Lipinski definition) is 1. The molecule has 3 nitrogen and oxygen atoms in total. The Morgan fingerprint density at radius 1 is 1.47 bits per heavy atom. The summed E-state index contributed by atoms with van der Waals surface area (Å²) < 4.78 is 2.11. The van der Waals surface area contributed by atoms with Crippen LogP contribution in [0.25, 0.3) is 6.08 Å². The van der Waals surface area contributed by atoms with Crippen LogP contribution in [-0.4, -0.2) is 21.3 Å². The van der Waals surface area contributed by atoms with Gasteiger partial charge in [-0.15, -0.1) is 0 Å². The van der Waals surface area contributed by atoms with Gasteiger partial charge in [0.2, 0.25) is 0 Å². The average Bonchev–Trinajstić information content (AvgIpc) is 2.84. The summed E-state index contributed by atoms with van der Waals surface area (Å²) in [7, 11) is 0. The number of rotatable bonds is 4. The summed E-state index contributed by atoms with van der Waals surface area (Å²) in [6.45, 7) is 3.22. The van der Waals surface area contributed by atoms with Crippen molar-refractivity contribution in [2.24, 2.45) is 5.92 Å². The van der Waals surface area contributed by atoms with Crippen LogP contribution in [-0.2, 0) is 6.54 Å². The molecule has 1 N–H and O–H groups in total. The Morgan fingerprint density at radius 2 is 2.24 bits per heavy atom. The van der Waals surface area contributed by atoms with Crippen molar-refractivity contribution in [3.63, 3.8) is 0 Å². The van der Waals surface area contributed by atoms with Crippen molar-refractivity contribution in [2.75, 3.05) is 6.61 Å². The van der Waals surface area contributed by atoms with Gasteiger partial charge >= 0.3 is 0 Å². The topological polar surface area (TPSA) is 38.0 Å². The van der Waals surface area contributed by atoms with E-state index in [4.69, 9.17) is 0 Å². The second-order valence-corrected chi connectivity index (χ2v) is 4.82. The van der Waals surface area contributed by atoms with E-state index in [1.165, 1.54) is 37.7 Å². The molecule has 1 fully saturated rings. The van der Waals surface area contributed by atoms with Gasteiger partial charge in [-0.1, -0.05) is 19.3 Å². The molecule has 0 aliphatic heterocycles. The molecule has 1 aliphatic rings. The van der Waals surface area contributed by atoms with Crippen LogP contribution in [0.5, 0.6) is 0 Å². The maximum atomic E-state index is 9.54. The van der Waals surface area contributed by atoms with E-state index in [1.807, 2.05) is 12.5 Å². The second kappa shape index (κ2) is 6.01. The number of aliphatic hydroxyl groups is 1. The third kappa shape index (κ3) is 2.97. The summed E-state index contributed by atoms with van der Waals surface area (Å²) in [5.41, 5.74) is 2.29. The first kappa shape index (κ1) is 12.4. The van der Waals surface area contributed by atoms with Gasteiger partial charge in [-0.3, -0.25) is 0 Å². The van der Waals surface area contributed by atoms with Gasteiger partial charge in [0.05, 0.1) is 24.8 Å². The number of aryl methyl sites for hydroxylation is 1. The minimum atomic E-state index is 0.180. The zero-order valence-electron chi connectivity index (χ0n) is 10.6. The fourth-order valence-electron chi connectivity index (χ4n) is 2.67. The maximum Gasteiger partial charge on any atom is 0.0950 e. The second-order valence-electron chi connectivity index (χ2n) is 4.82. The highest BCUT2D eigenvalue weighted by Gasteiger charge is 2.17. The zero-order valence-corrected chi connectivity index (χ0v) is 10.6. The van der Waals surface area contributed by atoms with Crippen LogP contribution in [0.1, 0.15) is 44.7 Å². The van der Waals surface area contributed by atoms with Gasteiger partial charge in [0.15, 0.2) is 0 Å². The quantitative estimate of drug-likeness (QED) is 0.870. The van der Waals surface area contributed by atoms with Crippen molar-refractivity contribution < 1.29 is 5.11 Å². The van der Waals surface area contributed by atoms with Crippen LogP contribution in [0.15, 0.2) is 18.1 Å². The van der Waals surface area contributed by atoms with E-state index >= 15 is 0 Å². The largest absolute Gasteiger partial charge is 0.392 e. The summed E-state index contributed by atoms with van der Waals surface area (Å²) in [6.07, 6.45) is 12.3. The molecular formula is C14H22N2O. The standard InChI is InChI=1S/C14H22N2O/c1-2-16-11-15-9-14(16)8-13(10-17)12-6-4-3-5-7-12/h8-9,11-12,17H,2-7,10H2,1H3. The molecule has 94 valence electrons. The minimum Gasteiger partial charge on any atom is -0.392 e. The van der Waals surface area contributed by atoms with Crippen LogP contribution in [0.3, 0.4) is 0 Å². The van der Waals surface area contributed by atoms with Crippen molar-refractivity contribution in [3.05, 3.63) is 23.8 Å². The first-order valence-electron chi connectivity index (χ1n) is 6.66. The summed E-state index contributed by atoms with van der Waals surface area (Å²) in [6, 6.07) is 0. The van der Waals surface area contributed by atoms with Gasteiger partial charge in [0.25, 0.3) is 0 Å². The molecule has 0 bridgehead atoms. The van der Waals surface area contributed by atoms with Gasteiger partial charge in [0.1, 0.15) is 0 Å². The van der Waals surface area contributed by atoms with E-state index in [-0.39, 0.29) is 6.61 Å². The Morgan fingerprint density at radius 3 is 2.88 bits per heavy atom. The van der Waals surface area contributed by atoms with Crippen LogP contribution in [0, 0.1) is 5.92 Å². The molecule has 0 atom stereocenters. The monoisotopic (exact) mass is 234 g/mol. The predicted octanol–water partition coefficient (Wildman–Crippen LogP) is 2.86.